The van der Waals surface area contributed by atoms with Crippen LogP contribution in [0.15, 0.2) is 30.3 Å². The number of likely N-dealkylation sites (N-methyl/N-ethyl adjacent to an activating group) is 3. The number of hydrogen-bond donors (Lipinski definition) is 0. The van der Waals surface area contributed by atoms with Crippen LogP contribution >= 0.6 is 0 Å². The van der Waals surface area contributed by atoms with Gasteiger partial charge in [0.25, 0.3) is 0 Å². The highest BCUT2D eigenvalue weighted by Crippen LogP contribution is 2.06. The van der Waals surface area contributed by atoms with Gasteiger partial charge in [0.1, 0.15) is 0 Å². The lowest BCUT2D eigenvalue weighted by molar-refractivity contribution is 0.148. The molecule has 0 spiro atoms. The van der Waals surface area contributed by atoms with E-state index >= 15 is 0 Å². The van der Waals surface area contributed by atoms with E-state index in [1.54, 1.807) is 0 Å². The minimum absolute atomic E-state index is 1.11. The third kappa shape index (κ3) is 6.44. The average molecular weight is 304 g/mol. The molecule has 0 bridgehead atoms. The van der Waals surface area contributed by atoms with Crippen molar-refractivity contribution in [3.63, 3.8) is 0 Å². The van der Waals surface area contributed by atoms with Crippen LogP contribution in [0.4, 0.5) is 0 Å². The van der Waals surface area contributed by atoms with E-state index in [0.717, 1.165) is 6.54 Å². The molecule has 2 aliphatic heterocycles. The van der Waals surface area contributed by atoms with E-state index in [-0.39, 0.29) is 0 Å². The van der Waals surface area contributed by atoms with Gasteiger partial charge in [0.05, 0.1) is 0 Å². The molecule has 4 heteroatoms. The second-order valence-corrected chi connectivity index (χ2v) is 6.67. The highest BCUT2D eigenvalue weighted by molar-refractivity contribution is 5.14. The first-order chi connectivity index (χ1) is 10.6. The van der Waals surface area contributed by atoms with Crippen LogP contribution in [0.2, 0.25) is 0 Å². The molecule has 22 heavy (non-hydrogen) atoms. The van der Waals surface area contributed by atoms with Gasteiger partial charge in [-0.05, 0) is 26.7 Å². The summed E-state index contributed by atoms with van der Waals surface area (Å²) in [7, 11) is 6.54. The van der Waals surface area contributed by atoms with Gasteiger partial charge >= 0.3 is 0 Å². The molecule has 124 valence electrons. The average Bonchev–Trinajstić information content (AvgIpc) is 2.54. The van der Waals surface area contributed by atoms with Crippen LogP contribution in [0.1, 0.15) is 5.56 Å². The second-order valence-electron chi connectivity index (χ2n) is 6.67. The predicted octanol–water partition coefficient (Wildman–Crippen LogP) is 1.30. The first kappa shape index (κ1) is 17.4. The lowest BCUT2D eigenvalue weighted by Gasteiger charge is -2.32. The zero-order valence-corrected chi connectivity index (χ0v) is 14.5. The maximum absolute atomic E-state index is 2.52. The molecular formula is C18H32N4. The summed E-state index contributed by atoms with van der Waals surface area (Å²) >= 11 is 0. The molecule has 0 amide bonds. The summed E-state index contributed by atoms with van der Waals surface area (Å²) in [6.07, 6.45) is 0. The molecule has 0 atom stereocenters. The normalized spacial score (nSPS) is 22.1. The Morgan fingerprint density at radius 2 is 1.05 bits per heavy atom. The zero-order chi connectivity index (χ0) is 15.8. The Hall–Kier alpha value is -0.940. The van der Waals surface area contributed by atoms with Crippen LogP contribution in [0, 0.1) is 0 Å². The van der Waals surface area contributed by atoms with Crippen LogP contribution in [0.5, 0.6) is 0 Å². The lowest BCUT2D eigenvalue weighted by atomic mass is 10.2. The molecule has 0 saturated carbocycles. The van der Waals surface area contributed by atoms with Gasteiger partial charge in [0.2, 0.25) is 0 Å². The SMILES string of the molecule is CN1CCN(C)CC1.CN1CCN(Cc2ccccc2)CC1. The van der Waals surface area contributed by atoms with Crippen LogP contribution in [-0.4, -0.2) is 93.1 Å². The van der Waals surface area contributed by atoms with Gasteiger partial charge in [-0.3, -0.25) is 4.90 Å². The predicted molar refractivity (Wildman–Crippen MR) is 94.2 cm³/mol. The van der Waals surface area contributed by atoms with Gasteiger partial charge < -0.3 is 14.7 Å². The van der Waals surface area contributed by atoms with Crippen molar-refractivity contribution in [3.05, 3.63) is 35.9 Å². The molecule has 0 unspecified atom stereocenters. The number of rotatable bonds is 2. The quantitative estimate of drug-likeness (QED) is 0.816. The first-order valence-electron chi connectivity index (χ1n) is 8.45. The Kier molecular flexibility index (Phi) is 7.33. The number of benzene rings is 1. The zero-order valence-electron chi connectivity index (χ0n) is 14.5. The van der Waals surface area contributed by atoms with Gasteiger partial charge in [0.15, 0.2) is 0 Å². The van der Waals surface area contributed by atoms with Crippen LogP contribution in [0.3, 0.4) is 0 Å². The van der Waals surface area contributed by atoms with E-state index < -0.39 is 0 Å². The number of nitrogens with zero attached hydrogens (tertiary/aromatic N) is 4. The van der Waals surface area contributed by atoms with Crippen molar-refractivity contribution < 1.29 is 0 Å². The highest BCUT2D eigenvalue weighted by Gasteiger charge is 2.13. The molecule has 0 N–H and O–H groups in total. The highest BCUT2D eigenvalue weighted by atomic mass is 15.2. The summed E-state index contributed by atoms with van der Waals surface area (Å²) in [5, 5.41) is 0. The van der Waals surface area contributed by atoms with Crippen molar-refractivity contribution in [1.29, 1.82) is 0 Å². The van der Waals surface area contributed by atoms with Gasteiger partial charge in [-0.2, -0.15) is 0 Å². The van der Waals surface area contributed by atoms with Crippen molar-refractivity contribution in [2.75, 3.05) is 73.5 Å². The summed E-state index contributed by atoms with van der Waals surface area (Å²) in [6, 6.07) is 10.7. The molecule has 3 rings (SSSR count). The Morgan fingerprint density at radius 1 is 0.636 bits per heavy atom. The molecule has 2 saturated heterocycles. The van der Waals surface area contributed by atoms with Gasteiger partial charge in [0, 0.05) is 58.9 Å². The minimum Gasteiger partial charge on any atom is -0.304 e. The monoisotopic (exact) mass is 304 g/mol. The fourth-order valence-electron chi connectivity index (χ4n) is 2.75. The minimum atomic E-state index is 1.11. The molecule has 0 aliphatic carbocycles. The molecule has 1 aromatic carbocycles. The molecule has 4 nitrogen and oxygen atoms in total. The fraction of sp³-hybridized carbons (Fsp3) is 0.667. The van der Waals surface area contributed by atoms with E-state index in [1.807, 2.05) is 0 Å². The summed E-state index contributed by atoms with van der Waals surface area (Å²) < 4.78 is 0. The van der Waals surface area contributed by atoms with E-state index in [1.165, 1.54) is 57.9 Å². The molecule has 1 aromatic rings. The second kappa shape index (κ2) is 9.26. The topological polar surface area (TPSA) is 13.0 Å². The van der Waals surface area contributed by atoms with Crippen LogP contribution in [-0.2, 0) is 6.54 Å². The number of piperazine rings is 2. The standard InChI is InChI=1S/C12H18N2.C6H14N2/c1-13-7-9-14(10-8-13)11-12-5-3-2-4-6-12;1-7-3-5-8(2)6-4-7/h2-6H,7-11H2,1H3;3-6H2,1-2H3. The summed E-state index contributed by atoms with van der Waals surface area (Å²) in [4.78, 5) is 9.64. The van der Waals surface area contributed by atoms with Crippen LogP contribution in [0.25, 0.3) is 0 Å². The maximum atomic E-state index is 2.52. The molecule has 0 radical (unpaired) electrons. The Morgan fingerprint density at radius 3 is 1.50 bits per heavy atom. The maximum Gasteiger partial charge on any atom is 0.0234 e. The fourth-order valence-corrected chi connectivity index (χ4v) is 2.75. The molecule has 2 fully saturated rings. The van der Waals surface area contributed by atoms with Crippen molar-refractivity contribution in [1.82, 2.24) is 19.6 Å². The molecular weight excluding hydrogens is 272 g/mol. The molecule has 0 aromatic heterocycles. The Bertz CT molecular complexity index is 383. The van der Waals surface area contributed by atoms with Gasteiger partial charge in [-0.25, -0.2) is 0 Å². The third-order valence-electron chi connectivity index (χ3n) is 4.57. The molecule has 2 aliphatic rings. The van der Waals surface area contributed by atoms with Crippen molar-refractivity contribution in [2.24, 2.45) is 0 Å². The summed E-state index contributed by atoms with van der Waals surface area (Å²) in [6.45, 7) is 10.8. The third-order valence-corrected chi connectivity index (χ3v) is 4.57. The summed E-state index contributed by atoms with van der Waals surface area (Å²) in [5.41, 5.74) is 1.43. The molecule has 2 heterocycles. The smallest absolute Gasteiger partial charge is 0.0234 e. The van der Waals surface area contributed by atoms with Gasteiger partial charge in [-0.15, -0.1) is 0 Å². The van der Waals surface area contributed by atoms with Crippen molar-refractivity contribution in [2.45, 2.75) is 6.54 Å². The summed E-state index contributed by atoms with van der Waals surface area (Å²) in [5.74, 6) is 0. The lowest BCUT2D eigenvalue weighted by Crippen LogP contribution is -2.43. The Labute approximate surface area is 136 Å². The first-order valence-corrected chi connectivity index (χ1v) is 8.45. The van der Waals surface area contributed by atoms with E-state index in [4.69, 9.17) is 0 Å². The van der Waals surface area contributed by atoms with E-state index in [2.05, 4.69) is 71.1 Å². The van der Waals surface area contributed by atoms with Gasteiger partial charge in [-0.1, -0.05) is 30.3 Å². The van der Waals surface area contributed by atoms with Crippen molar-refractivity contribution >= 4 is 0 Å². The van der Waals surface area contributed by atoms with E-state index in [0.29, 0.717) is 0 Å². The number of hydrogen-bond acceptors (Lipinski definition) is 4. The Balaban J connectivity index is 0.000000188. The van der Waals surface area contributed by atoms with E-state index in [9.17, 15) is 0 Å². The largest absolute Gasteiger partial charge is 0.304 e. The van der Waals surface area contributed by atoms with Crippen molar-refractivity contribution in [3.8, 4) is 0 Å². The van der Waals surface area contributed by atoms with Crippen LogP contribution < -0.4 is 0 Å².